The van der Waals surface area contributed by atoms with Crippen LogP contribution in [-0.4, -0.2) is 51.8 Å². The van der Waals surface area contributed by atoms with E-state index in [0.717, 1.165) is 46.3 Å². The minimum Gasteiger partial charge on any atom is -0.353 e. The summed E-state index contributed by atoms with van der Waals surface area (Å²) < 4.78 is 0. The second-order valence-corrected chi connectivity index (χ2v) is 8.32. The van der Waals surface area contributed by atoms with Crippen molar-refractivity contribution in [1.29, 1.82) is 0 Å². The molecule has 0 spiro atoms. The second kappa shape index (κ2) is 9.29. The van der Waals surface area contributed by atoms with Crippen molar-refractivity contribution in [3.8, 4) is 0 Å². The first-order valence-electron chi connectivity index (χ1n) is 9.31. The number of aryl methyl sites for hydroxylation is 2. The molecule has 0 bridgehead atoms. The number of amides is 1. The molecule has 1 aliphatic rings. The number of hydrogen-bond acceptors (Lipinski definition) is 4. The monoisotopic (exact) mass is 440 g/mol. The predicted octanol–water partition coefficient (Wildman–Crippen LogP) is 4.04. The quantitative estimate of drug-likeness (QED) is 0.657. The fourth-order valence-corrected chi connectivity index (χ4v) is 3.86. The van der Waals surface area contributed by atoms with Crippen molar-refractivity contribution in [2.24, 2.45) is 0 Å². The van der Waals surface area contributed by atoms with E-state index in [4.69, 9.17) is 39.8 Å². The lowest BCUT2D eigenvalue weighted by atomic mass is 10.0. The largest absolute Gasteiger partial charge is 0.353 e. The molecule has 1 saturated heterocycles. The number of carbonyl (C=O) groups excluding carboxylic acids is 1. The molecule has 150 valence electrons. The molecule has 1 fully saturated rings. The van der Waals surface area contributed by atoms with Crippen LogP contribution in [0.1, 0.15) is 29.6 Å². The minimum absolute atomic E-state index is 0.238. The average Bonchev–Trinajstić information content (AvgIpc) is 2.70. The van der Waals surface area contributed by atoms with Gasteiger partial charge in [0.25, 0.3) is 5.91 Å². The number of piperazine rings is 1. The molecule has 0 unspecified atom stereocenters. The molecule has 28 heavy (non-hydrogen) atoms. The van der Waals surface area contributed by atoms with Gasteiger partial charge in [0.1, 0.15) is 11.6 Å². The number of alkyl halides is 2. The van der Waals surface area contributed by atoms with Crippen LogP contribution in [0.3, 0.4) is 0 Å². The van der Waals surface area contributed by atoms with Crippen LogP contribution in [0.2, 0.25) is 5.02 Å². The van der Waals surface area contributed by atoms with Crippen molar-refractivity contribution in [2.75, 3.05) is 31.1 Å². The molecule has 8 heteroatoms. The molecule has 0 atom stereocenters. The van der Waals surface area contributed by atoms with E-state index in [9.17, 15) is 4.79 Å². The fourth-order valence-electron chi connectivity index (χ4n) is 3.46. The maximum absolute atomic E-state index is 12.0. The van der Waals surface area contributed by atoms with E-state index >= 15 is 0 Å². The van der Waals surface area contributed by atoms with Crippen LogP contribution < -0.4 is 4.90 Å². The number of rotatable bonds is 5. The highest BCUT2D eigenvalue weighted by Crippen LogP contribution is 2.26. The summed E-state index contributed by atoms with van der Waals surface area (Å²) in [6.07, 6.45) is 1.57. The molecule has 2 aromatic rings. The molecule has 1 aromatic heterocycles. The number of nitrogens with zero attached hydrogens (tertiary/aromatic N) is 4. The van der Waals surface area contributed by atoms with Gasteiger partial charge < -0.3 is 9.80 Å². The zero-order valence-corrected chi connectivity index (χ0v) is 18.2. The van der Waals surface area contributed by atoms with Gasteiger partial charge in [-0.3, -0.25) is 4.79 Å². The van der Waals surface area contributed by atoms with E-state index in [-0.39, 0.29) is 5.91 Å². The van der Waals surface area contributed by atoms with Gasteiger partial charge >= 0.3 is 0 Å². The summed E-state index contributed by atoms with van der Waals surface area (Å²) in [4.78, 5) is 24.4. The Kier molecular flexibility index (Phi) is 7.02. The van der Waals surface area contributed by atoms with Crippen LogP contribution in [0.4, 0.5) is 5.82 Å². The van der Waals surface area contributed by atoms with Crippen molar-refractivity contribution >= 4 is 46.5 Å². The van der Waals surface area contributed by atoms with Crippen LogP contribution in [0, 0.1) is 6.92 Å². The third-order valence-electron chi connectivity index (χ3n) is 4.89. The van der Waals surface area contributed by atoms with Crippen LogP contribution in [0.5, 0.6) is 0 Å². The van der Waals surface area contributed by atoms with Gasteiger partial charge in [-0.05, 0) is 31.0 Å². The summed E-state index contributed by atoms with van der Waals surface area (Å²) in [6, 6.07) is 7.86. The third-order valence-corrected chi connectivity index (χ3v) is 5.51. The van der Waals surface area contributed by atoms with E-state index in [2.05, 4.69) is 16.8 Å². The lowest BCUT2D eigenvalue weighted by Crippen LogP contribution is -2.50. The molecule has 0 radical (unpaired) electrons. The molecular weight excluding hydrogens is 419 g/mol. The zero-order valence-electron chi connectivity index (χ0n) is 16.0. The normalized spacial score (nSPS) is 14.6. The van der Waals surface area contributed by atoms with Crippen LogP contribution in [0.15, 0.2) is 24.3 Å². The van der Waals surface area contributed by atoms with E-state index in [0.29, 0.717) is 26.2 Å². The van der Waals surface area contributed by atoms with Crippen molar-refractivity contribution in [3.63, 3.8) is 0 Å². The Bertz CT molecular complexity index is 834. The van der Waals surface area contributed by atoms with Crippen LogP contribution in [-0.2, 0) is 17.6 Å². The molecule has 1 aromatic carbocycles. The average molecular weight is 442 g/mol. The topological polar surface area (TPSA) is 49.3 Å². The summed E-state index contributed by atoms with van der Waals surface area (Å²) >= 11 is 17.5. The van der Waals surface area contributed by atoms with Crippen molar-refractivity contribution in [1.82, 2.24) is 14.9 Å². The van der Waals surface area contributed by atoms with Gasteiger partial charge in [-0.15, -0.1) is 0 Å². The first kappa shape index (κ1) is 21.2. The Morgan fingerprint density at radius 2 is 1.75 bits per heavy atom. The van der Waals surface area contributed by atoms with Gasteiger partial charge in [0, 0.05) is 48.9 Å². The summed E-state index contributed by atoms with van der Waals surface area (Å²) in [5.74, 6) is 1.46. The highest BCUT2D eigenvalue weighted by atomic mass is 35.5. The van der Waals surface area contributed by atoms with Gasteiger partial charge in [-0.25, -0.2) is 9.97 Å². The highest BCUT2D eigenvalue weighted by molar-refractivity contribution is 6.53. The summed E-state index contributed by atoms with van der Waals surface area (Å²) in [6.45, 7) is 6.52. The first-order chi connectivity index (χ1) is 13.4. The van der Waals surface area contributed by atoms with E-state index < -0.39 is 4.84 Å². The number of aromatic nitrogens is 2. The second-order valence-electron chi connectivity index (χ2n) is 6.79. The van der Waals surface area contributed by atoms with Gasteiger partial charge in [-0.2, -0.15) is 0 Å². The molecule has 3 rings (SSSR count). The van der Waals surface area contributed by atoms with Gasteiger partial charge in [0.15, 0.2) is 4.84 Å². The molecular formula is C20H23Cl3N4O. The Hall–Kier alpha value is -1.56. The maximum Gasteiger partial charge on any atom is 0.255 e. The molecule has 1 aliphatic heterocycles. The summed E-state index contributed by atoms with van der Waals surface area (Å²) in [5.41, 5.74) is 3.34. The maximum atomic E-state index is 12.0. The number of hydrogen-bond donors (Lipinski definition) is 0. The minimum atomic E-state index is -1.01. The predicted molar refractivity (Wildman–Crippen MR) is 115 cm³/mol. The Morgan fingerprint density at radius 3 is 2.32 bits per heavy atom. The van der Waals surface area contributed by atoms with Gasteiger partial charge in [-0.1, -0.05) is 53.9 Å². The fraction of sp³-hybridized carbons (Fsp3) is 0.450. The van der Waals surface area contributed by atoms with Crippen LogP contribution in [0.25, 0.3) is 0 Å². The molecule has 2 heterocycles. The Labute approximate surface area is 180 Å². The summed E-state index contributed by atoms with van der Waals surface area (Å²) in [5, 5.41) is 0.720. The lowest BCUT2D eigenvalue weighted by molar-refractivity contribution is -0.129. The van der Waals surface area contributed by atoms with Gasteiger partial charge in [0.05, 0.1) is 0 Å². The SMILES string of the molecule is CCc1nc(C)nc(N2CCN(C(=O)C(Cl)Cl)CC2)c1Cc1ccc(Cl)cc1. The van der Waals surface area contributed by atoms with Gasteiger partial charge in [0.2, 0.25) is 0 Å². The van der Waals surface area contributed by atoms with E-state index in [1.165, 1.54) is 0 Å². The standard InChI is InChI=1S/C20H23Cl3N4O/c1-3-17-16(12-14-4-6-15(21)7-5-14)19(25-13(2)24-17)26-8-10-27(11-9-26)20(28)18(22)23/h4-7,18H,3,8-12H2,1-2H3. The first-order valence-corrected chi connectivity index (χ1v) is 10.6. The Balaban J connectivity index is 1.87. The number of halogens is 3. The molecule has 0 N–H and O–H groups in total. The molecule has 5 nitrogen and oxygen atoms in total. The lowest BCUT2D eigenvalue weighted by Gasteiger charge is -2.36. The smallest absolute Gasteiger partial charge is 0.255 e. The van der Waals surface area contributed by atoms with E-state index in [1.54, 1.807) is 4.90 Å². The third kappa shape index (κ3) is 4.88. The van der Waals surface area contributed by atoms with Crippen molar-refractivity contribution < 1.29 is 4.79 Å². The Morgan fingerprint density at radius 1 is 1.11 bits per heavy atom. The zero-order chi connectivity index (χ0) is 20.3. The molecule has 0 saturated carbocycles. The summed E-state index contributed by atoms with van der Waals surface area (Å²) in [7, 11) is 0. The highest BCUT2D eigenvalue weighted by Gasteiger charge is 2.27. The molecule has 0 aliphatic carbocycles. The van der Waals surface area contributed by atoms with Crippen molar-refractivity contribution in [3.05, 3.63) is 51.9 Å². The number of benzene rings is 1. The van der Waals surface area contributed by atoms with Crippen LogP contribution >= 0.6 is 34.8 Å². The number of carbonyl (C=O) groups is 1. The molecule has 1 amide bonds. The van der Waals surface area contributed by atoms with E-state index in [1.807, 2.05) is 31.2 Å². The van der Waals surface area contributed by atoms with Crippen molar-refractivity contribution in [2.45, 2.75) is 31.5 Å². The number of anilines is 1.